The molecule has 2 aromatic carbocycles. The number of rotatable bonds is 10. The Bertz CT molecular complexity index is 975. The second-order valence-electron chi connectivity index (χ2n) is 8.44. The van der Waals surface area contributed by atoms with Crippen LogP contribution < -0.4 is 19.1 Å². The van der Waals surface area contributed by atoms with E-state index in [-0.39, 0.29) is 17.7 Å². The molecule has 184 valence electrons. The maximum absolute atomic E-state index is 13.8. The number of hydrogen-bond acceptors (Lipinski definition) is 5. The van der Waals surface area contributed by atoms with Gasteiger partial charge < -0.3 is 24.0 Å². The molecule has 0 aromatic heterocycles. The Morgan fingerprint density at radius 2 is 1.71 bits per heavy atom. The normalized spacial score (nSPS) is 17.9. The second-order valence-corrected chi connectivity index (χ2v) is 8.44. The van der Waals surface area contributed by atoms with E-state index in [1.165, 1.54) is 0 Å². The summed E-state index contributed by atoms with van der Waals surface area (Å²) in [5.41, 5.74) is 1.58. The van der Waals surface area contributed by atoms with Gasteiger partial charge in [-0.25, -0.2) is 0 Å². The Hall–Kier alpha value is -3.22. The summed E-state index contributed by atoms with van der Waals surface area (Å²) in [4.78, 5) is 30.8. The van der Waals surface area contributed by atoms with Gasteiger partial charge in [0.05, 0.1) is 33.3 Å². The van der Waals surface area contributed by atoms with Crippen molar-refractivity contribution in [3.8, 4) is 17.2 Å². The van der Waals surface area contributed by atoms with Crippen molar-refractivity contribution in [2.45, 2.75) is 45.6 Å². The van der Waals surface area contributed by atoms with Crippen LogP contribution in [0.4, 0.5) is 5.69 Å². The van der Waals surface area contributed by atoms with Crippen molar-refractivity contribution in [1.29, 1.82) is 0 Å². The van der Waals surface area contributed by atoms with Gasteiger partial charge in [0.15, 0.2) is 11.5 Å². The van der Waals surface area contributed by atoms with Gasteiger partial charge in [-0.1, -0.05) is 19.4 Å². The van der Waals surface area contributed by atoms with Crippen molar-refractivity contribution in [3.63, 3.8) is 0 Å². The molecule has 0 radical (unpaired) electrons. The van der Waals surface area contributed by atoms with Gasteiger partial charge in [0, 0.05) is 25.2 Å². The number of carbonyl (C=O) groups is 2. The molecule has 0 spiro atoms. The number of piperidine rings is 1. The van der Waals surface area contributed by atoms with Crippen LogP contribution in [-0.2, 0) is 9.59 Å². The molecular formula is C27H36N2O5. The zero-order chi connectivity index (χ0) is 24.7. The van der Waals surface area contributed by atoms with Gasteiger partial charge in [0.1, 0.15) is 5.75 Å². The molecule has 0 saturated carbocycles. The third-order valence-corrected chi connectivity index (χ3v) is 6.49. The van der Waals surface area contributed by atoms with E-state index in [1.807, 2.05) is 54.3 Å². The Labute approximate surface area is 202 Å². The Morgan fingerprint density at radius 1 is 1.00 bits per heavy atom. The lowest BCUT2D eigenvalue weighted by molar-refractivity contribution is -0.138. The fraction of sp³-hybridized carbons (Fsp3) is 0.481. The van der Waals surface area contributed by atoms with Gasteiger partial charge in [-0.05, 0) is 61.7 Å². The standard InChI is InChI=1S/C27H36N2O5/c1-6-8-17-28(7-2)27(31)22-14-16-25(30)29(20-10-12-21(32-3)13-11-20)26(22)19-9-15-23(33-4)24(18-19)34-5/h9-13,15,18,22,26H,6-8,14,16-17H2,1-5H3/t22-,26-/m0/s1. The predicted molar refractivity (Wildman–Crippen MR) is 133 cm³/mol. The summed E-state index contributed by atoms with van der Waals surface area (Å²) in [7, 11) is 4.78. The first kappa shape index (κ1) is 25.4. The van der Waals surface area contributed by atoms with Crippen molar-refractivity contribution in [1.82, 2.24) is 4.90 Å². The molecule has 1 saturated heterocycles. The summed E-state index contributed by atoms with van der Waals surface area (Å²) in [6.45, 7) is 5.49. The first-order valence-electron chi connectivity index (χ1n) is 12.0. The monoisotopic (exact) mass is 468 g/mol. The highest BCUT2D eigenvalue weighted by molar-refractivity contribution is 5.97. The molecule has 0 unspecified atom stereocenters. The van der Waals surface area contributed by atoms with E-state index in [0.717, 1.165) is 30.6 Å². The van der Waals surface area contributed by atoms with Crippen LogP contribution in [0.15, 0.2) is 42.5 Å². The largest absolute Gasteiger partial charge is 0.497 e. The van der Waals surface area contributed by atoms with Crippen LogP contribution in [0.1, 0.15) is 51.1 Å². The summed E-state index contributed by atoms with van der Waals surface area (Å²) in [5, 5.41) is 0. The van der Waals surface area contributed by atoms with E-state index < -0.39 is 6.04 Å². The predicted octanol–water partition coefficient (Wildman–Crippen LogP) is 4.85. The smallest absolute Gasteiger partial charge is 0.228 e. The van der Waals surface area contributed by atoms with Crippen LogP contribution in [0.3, 0.4) is 0 Å². The number of amides is 2. The van der Waals surface area contributed by atoms with Gasteiger partial charge in [0.2, 0.25) is 11.8 Å². The van der Waals surface area contributed by atoms with Crippen LogP contribution in [0.5, 0.6) is 17.2 Å². The fourth-order valence-electron chi connectivity index (χ4n) is 4.62. The summed E-state index contributed by atoms with van der Waals surface area (Å²) >= 11 is 0. The van der Waals surface area contributed by atoms with Crippen molar-refractivity contribution < 1.29 is 23.8 Å². The third-order valence-electron chi connectivity index (χ3n) is 6.49. The Kier molecular flexibility index (Phi) is 8.79. The molecule has 7 heteroatoms. The zero-order valence-corrected chi connectivity index (χ0v) is 20.9. The maximum atomic E-state index is 13.8. The SMILES string of the molecule is CCCCN(CC)C(=O)[C@H]1CCC(=O)N(c2ccc(OC)cc2)[C@H]1c1ccc(OC)c(OC)c1. The van der Waals surface area contributed by atoms with Crippen LogP contribution in [-0.4, -0.2) is 51.1 Å². The van der Waals surface area contributed by atoms with E-state index in [0.29, 0.717) is 36.6 Å². The molecule has 1 aliphatic rings. The molecule has 0 N–H and O–H groups in total. The number of carbonyl (C=O) groups excluding carboxylic acids is 2. The topological polar surface area (TPSA) is 68.3 Å². The maximum Gasteiger partial charge on any atom is 0.228 e. The van der Waals surface area contributed by atoms with Gasteiger partial charge in [-0.2, -0.15) is 0 Å². The van der Waals surface area contributed by atoms with Crippen molar-refractivity contribution in [3.05, 3.63) is 48.0 Å². The molecule has 1 fully saturated rings. The molecule has 0 aliphatic carbocycles. The number of anilines is 1. The van der Waals surface area contributed by atoms with Gasteiger partial charge in [-0.15, -0.1) is 0 Å². The highest BCUT2D eigenvalue weighted by atomic mass is 16.5. The van der Waals surface area contributed by atoms with Crippen molar-refractivity contribution in [2.24, 2.45) is 5.92 Å². The minimum atomic E-state index is -0.461. The summed E-state index contributed by atoms with van der Waals surface area (Å²) < 4.78 is 16.3. The minimum Gasteiger partial charge on any atom is -0.497 e. The number of nitrogens with zero attached hydrogens (tertiary/aromatic N) is 2. The van der Waals surface area contributed by atoms with Crippen LogP contribution in [0.25, 0.3) is 0 Å². The van der Waals surface area contributed by atoms with Crippen molar-refractivity contribution >= 4 is 17.5 Å². The zero-order valence-electron chi connectivity index (χ0n) is 20.9. The molecule has 7 nitrogen and oxygen atoms in total. The Morgan fingerprint density at radius 3 is 2.29 bits per heavy atom. The molecule has 2 aromatic rings. The van der Waals surface area contributed by atoms with Crippen LogP contribution >= 0.6 is 0 Å². The lowest BCUT2D eigenvalue weighted by atomic mass is 9.82. The van der Waals surface area contributed by atoms with Crippen LogP contribution in [0.2, 0.25) is 0 Å². The van der Waals surface area contributed by atoms with Crippen molar-refractivity contribution in [2.75, 3.05) is 39.3 Å². The highest BCUT2D eigenvalue weighted by Gasteiger charge is 2.43. The molecule has 2 amide bonds. The van der Waals surface area contributed by atoms with Gasteiger partial charge in [0.25, 0.3) is 0 Å². The van der Waals surface area contributed by atoms with Gasteiger partial charge in [-0.3, -0.25) is 9.59 Å². The molecule has 1 aliphatic heterocycles. The lowest BCUT2D eigenvalue weighted by Gasteiger charge is -2.42. The number of methoxy groups -OCH3 is 3. The summed E-state index contributed by atoms with van der Waals surface area (Å²) in [6.07, 6.45) is 2.79. The highest BCUT2D eigenvalue weighted by Crippen LogP contribution is 2.43. The molecule has 2 atom stereocenters. The number of hydrogen-bond donors (Lipinski definition) is 0. The third kappa shape index (κ3) is 5.29. The van der Waals surface area contributed by atoms with Crippen LogP contribution in [0, 0.1) is 5.92 Å². The molecule has 1 heterocycles. The first-order valence-corrected chi connectivity index (χ1v) is 12.0. The number of benzene rings is 2. The average molecular weight is 469 g/mol. The summed E-state index contributed by atoms with van der Waals surface area (Å²) in [6, 6.07) is 12.6. The molecule has 3 rings (SSSR count). The number of ether oxygens (including phenoxy) is 3. The average Bonchev–Trinajstić information content (AvgIpc) is 2.88. The van der Waals surface area contributed by atoms with E-state index >= 15 is 0 Å². The second kappa shape index (κ2) is 11.8. The molecular weight excluding hydrogens is 432 g/mol. The lowest BCUT2D eigenvalue weighted by Crippen LogP contribution is -2.49. The van der Waals surface area contributed by atoms with E-state index in [2.05, 4.69) is 6.92 Å². The van der Waals surface area contributed by atoms with E-state index in [4.69, 9.17) is 14.2 Å². The van der Waals surface area contributed by atoms with Gasteiger partial charge >= 0.3 is 0 Å². The first-order chi connectivity index (χ1) is 16.5. The van der Waals surface area contributed by atoms with E-state index in [9.17, 15) is 9.59 Å². The van der Waals surface area contributed by atoms with E-state index in [1.54, 1.807) is 26.2 Å². The fourth-order valence-corrected chi connectivity index (χ4v) is 4.62. The quantitative estimate of drug-likeness (QED) is 0.499. The molecule has 0 bridgehead atoms. The Balaban J connectivity index is 2.10. The molecule has 34 heavy (non-hydrogen) atoms. The number of unbranched alkanes of at least 4 members (excludes halogenated alkanes) is 1. The minimum absolute atomic E-state index is 0.00870. The summed E-state index contributed by atoms with van der Waals surface area (Å²) in [5.74, 6) is 1.59.